The van der Waals surface area contributed by atoms with Crippen molar-refractivity contribution in [1.29, 1.82) is 0 Å². The van der Waals surface area contributed by atoms with Gasteiger partial charge in [0.15, 0.2) is 0 Å². The number of hydrogen-bond acceptors (Lipinski definition) is 17. The molecule has 12 amide bonds. The van der Waals surface area contributed by atoms with Gasteiger partial charge in [0.2, 0.25) is 70.9 Å². The Morgan fingerprint density at radius 3 is 2.22 bits per heavy atom. The van der Waals surface area contributed by atoms with Crippen LogP contribution in [0.4, 0.5) is 5.69 Å². The van der Waals surface area contributed by atoms with Gasteiger partial charge in [-0.25, -0.2) is 0 Å². The lowest BCUT2D eigenvalue weighted by molar-refractivity contribution is -0.143. The van der Waals surface area contributed by atoms with Crippen LogP contribution in [0.3, 0.4) is 0 Å². The Morgan fingerprint density at radius 2 is 1.51 bits per heavy atom. The number of aliphatic hydroxyl groups is 2. The molecule has 504 valence electrons. The van der Waals surface area contributed by atoms with Gasteiger partial charge >= 0.3 is 0 Å². The molecule has 1 fully saturated rings. The maximum Gasteiger partial charge on any atom is 0.246 e. The summed E-state index contributed by atoms with van der Waals surface area (Å²) in [5.74, 6) is -10.9. The molecule has 92 heavy (non-hydrogen) atoms. The average molecular weight is 1300 g/mol. The van der Waals surface area contributed by atoms with Crippen LogP contribution in [-0.2, 0) is 70.4 Å². The van der Waals surface area contributed by atoms with Crippen LogP contribution < -0.4 is 70.0 Å². The smallest absolute Gasteiger partial charge is 0.246 e. The third-order valence-electron chi connectivity index (χ3n) is 16.7. The minimum Gasteiger partial charge on any atom is -0.396 e. The first kappa shape index (κ1) is 72.9. The monoisotopic (exact) mass is 1300 g/mol. The van der Waals surface area contributed by atoms with Crippen molar-refractivity contribution in [2.45, 2.75) is 158 Å². The quantitative estimate of drug-likeness (QED) is 0.0419. The van der Waals surface area contributed by atoms with Crippen LogP contribution in [0.15, 0.2) is 53.6 Å². The molecule has 3 aromatic rings. The predicted octanol–water partition coefficient (Wildman–Crippen LogP) is -2.30. The van der Waals surface area contributed by atoms with E-state index in [1.54, 1.807) is 39.0 Å². The first-order valence-corrected chi connectivity index (χ1v) is 32.5. The van der Waals surface area contributed by atoms with E-state index in [1.165, 1.54) is 0 Å². The molecule has 4 heterocycles. The van der Waals surface area contributed by atoms with Gasteiger partial charge in [0.05, 0.1) is 49.2 Å². The van der Waals surface area contributed by atoms with E-state index < -0.39 is 145 Å². The number of primary amides is 1. The number of nitrogens with two attached hydrogens (primary N) is 2. The second kappa shape index (κ2) is 36.2. The highest BCUT2D eigenvalue weighted by molar-refractivity contribution is 7.99. The molecule has 6 rings (SSSR count). The van der Waals surface area contributed by atoms with Crippen LogP contribution >= 0.6 is 11.8 Å². The second-order valence-corrected chi connectivity index (χ2v) is 24.8. The van der Waals surface area contributed by atoms with Gasteiger partial charge in [-0.15, -0.1) is 11.8 Å². The number of H-pyrrole nitrogens is 1. The molecule has 0 saturated carbocycles. The molecule has 0 aliphatic carbocycles. The van der Waals surface area contributed by atoms with E-state index in [1.807, 2.05) is 37.3 Å². The summed E-state index contributed by atoms with van der Waals surface area (Å²) in [5.41, 5.74) is 13.5. The van der Waals surface area contributed by atoms with Crippen molar-refractivity contribution in [3.8, 4) is 0 Å². The molecule has 0 radical (unpaired) electrons. The highest BCUT2D eigenvalue weighted by Gasteiger charge is 2.44. The maximum absolute atomic E-state index is 14.8. The molecule has 2 bridgehead atoms. The van der Waals surface area contributed by atoms with Gasteiger partial charge in [0.1, 0.15) is 30.2 Å². The molecule has 2 aromatic carbocycles. The lowest BCUT2D eigenvalue weighted by atomic mass is 9.90. The molecule has 29 nitrogen and oxygen atoms in total. The lowest BCUT2D eigenvalue weighted by Gasteiger charge is -2.31. The summed E-state index contributed by atoms with van der Waals surface area (Å²) in [6.07, 6.45) is 0.497. The number of carbonyl (C=O) groups is 12. The van der Waals surface area contributed by atoms with Crippen molar-refractivity contribution in [3.05, 3.63) is 59.7 Å². The number of nitrogens with one attached hydrogen (secondary N) is 12. The number of amides is 12. The number of aromatic nitrogens is 1. The molecular weight excluding hydrogens is 1210 g/mol. The Balaban J connectivity index is 1.32. The lowest BCUT2D eigenvalue weighted by Crippen LogP contribution is -2.60. The third-order valence-corrected chi connectivity index (χ3v) is 17.9. The van der Waals surface area contributed by atoms with Gasteiger partial charge in [-0.1, -0.05) is 77.3 Å². The Morgan fingerprint density at radius 1 is 0.783 bits per heavy atom. The van der Waals surface area contributed by atoms with Gasteiger partial charge < -0.3 is 90.0 Å². The summed E-state index contributed by atoms with van der Waals surface area (Å²) in [6, 6.07) is 5.75. The normalized spacial score (nSPS) is 22.9. The van der Waals surface area contributed by atoms with Crippen LogP contribution in [-0.4, -0.2) is 198 Å². The zero-order chi connectivity index (χ0) is 67.0. The number of thioether (sulfide) groups is 1. The van der Waals surface area contributed by atoms with E-state index >= 15 is 0 Å². The molecule has 1 unspecified atom stereocenters. The zero-order valence-electron chi connectivity index (χ0n) is 52.6. The van der Waals surface area contributed by atoms with Crippen molar-refractivity contribution in [1.82, 2.24) is 63.1 Å². The summed E-state index contributed by atoms with van der Waals surface area (Å²) in [4.78, 5) is 171. The fraction of sp³-hybridized carbons (Fsp3) is 0.581. The molecule has 18 N–H and O–H groups in total. The van der Waals surface area contributed by atoms with E-state index in [4.69, 9.17) is 11.5 Å². The number of unbranched alkanes of at least 4 members (excludes halogenated alkanes) is 1. The molecule has 0 spiro atoms. The fourth-order valence-corrected chi connectivity index (χ4v) is 12.2. The number of fused-ring (bicyclic) bond motifs is 5. The summed E-state index contributed by atoms with van der Waals surface area (Å²) >= 11 is 0.980. The van der Waals surface area contributed by atoms with Gasteiger partial charge in [0, 0.05) is 80.2 Å². The van der Waals surface area contributed by atoms with Gasteiger partial charge in [-0.2, -0.15) is 0 Å². The van der Waals surface area contributed by atoms with E-state index in [2.05, 4.69) is 63.5 Å². The Hall–Kier alpha value is -8.19. The molecule has 11 atom stereocenters. The third kappa shape index (κ3) is 21.7. The minimum atomic E-state index is -1.73. The van der Waals surface area contributed by atoms with Gasteiger partial charge in [0.25, 0.3) is 0 Å². The molecule has 1 saturated heterocycles. The van der Waals surface area contributed by atoms with Crippen LogP contribution in [0, 0.1) is 17.8 Å². The number of aliphatic hydroxyl groups excluding tert-OH is 2. The van der Waals surface area contributed by atoms with Crippen molar-refractivity contribution in [2.24, 2.45) is 29.2 Å². The topological polar surface area (TPSA) is 449 Å². The summed E-state index contributed by atoms with van der Waals surface area (Å²) < 4.78 is 0. The average Bonchev–Trinajstić information content (AvgIpc) is 1.64. The maximum atomic E-state index is 14.8. The van der Waals surface area contributed by atoms with Crippen molar-refractivity contribution in [3.63, 3.8) is 0 Å². The van der Waals surface area contributed by atoms with Crippen LogP contribution in [0.1, 0.15) is 103 Å². The first-order chi connectivity index (χ1) is 44.0. The fourth-order valence-electron chi connectivity index (χ4n) is 11.1. The van der Waals surface area contributed by atoms with E-state index in [0.29, 0.717) is 72.2 Å². The SMILES string of the molecule is CCC(C)[C@@H]1NC(=O)[C@@H]2C[C@@H](O)CN2C(=O)[C@H](CC(N)=O)NC(=O)[C@@H]2CSc3[nH]c4ccc(NC(=O)CCCNC(=O)[C@@H](CCCCN)NC[C@@H](Cc5ccccc5)NC(=O)CCO)cc4c3C[C@@H](NC1=O)C(=O)NCC(=O)NC[C@@H]([C@@H](C)CC)C(=O)NCC(=O)N2. The van der Waals surface area contributed by atoms with Gasteiger partial charge in [-0.05, 0) is 73.4 Å². The Kier molecular flexibility index (Phi) is 28.6. The van der Waals surface area contributed by atoms with Crippen LogP contribution in [0.2, 0.25) is 0 Å². The van der Waals surface area contributed by atoms with Crippen molar-refractivity contribution in [2.75, 3.05) is 63.5 Å². The second-order valence-electron chi connectivity index (χ2n) is 23.7. The number of anilines is 1. The number of benzene rings is 2. The standard InChI is InChI=1S/C62H91N15O14S/c1-5-34(3)42-29-67-52(83)30-69-57(87)45-26-41-40-24-37(70-50(81)16-12-21-65-56(86)44(15-10-11-20-63)66-28-38(71-51(82)19-22-78)23-36-13-8-7-9-14-36)17-18-43(40)75-61(41)92-33-47(72-53(84)31-68-55(42)85)58(88)74-46(27-49(64)80)62(91)77-32-39(79)25-48(77)59(89)76-54(35(4)6-2)60(90)73-45/h7-9,13-14,17-18,24,34-35,38-39,42,44-48,54,66,75,78-79H,5-6,10-12,15-16,19-23,25-33,63H2,1-4H3,(H2,64,80)(H,65,86)(H,67,83)(H,68,85)(H,69,87)(H,70,81)(H,71,82)(H,72,84)(H,73,90)(H,74,88)(H,76,89)/t34-,35?,38+,39+,42-,44+,45+,46-,47-,48-,54-/m0/s1. The molecular formula is C62H91N15O14S. The summed E-state index contributed by atoms with van der Waals surface area (Å²) in [6.45, 7) is 5.67. The number of carbonyl (C=O) groups excluding carboxylic acids is 12. The molecule has 3 aliphatic rings. The highest BCUT2D eigenvalue weighted by atomic mass is 32.2. The van der Waals surface area contributed by atoms with Gasteiger partial charge in [-0.3, -0.25) is 57.5 Å². The van der Waals surface area contributed by atoms with E-state index in [-0.39, 0.29) is 81.8 Å². The van der Waals surface area contributed by atoms with Crippen molar-refractivity contribution < 1.29 is 67.7 Å². The zero-order valence-corrected chi connectivity index (χ0v) is 53.4. The summed E-state index contributed by atoms with van der Waals surface area (Å²) in [5, 5.41) is 51.6. The molecule has 30 heteroatoms. The van der Waals surface area contributed by atoms with Crippen LogP contribution in [0.5, 0.6) is 0 Å². The Bertz CT molecular complexity index is 3100. The molecule has 1 aromatic heterocycles. The van der Waals surface area contributed by atoms with Crippen molar-refractivity contribution >= 4 is 99.2 Å². The van der Waals surface area contributed by atoms with E-state index in [9.17, 15) is 67.7 Å². The summed E-state index contributed by atoms with van der Waals surface area (Å²) in [7, 11) is 0. The Labute approximate surface area is 538 Å². The largest absolute Gasteiger partial charge is 0.396 e. The predicted molar refractivity (Wildman–Crippen MR) is 341 cm³/mol. The van der Waals surface area contributed by atoms with Crippen LogP contribution in [0.25, 0.3) is 10.9 Å². The van der Waals surface area contributed by atoms with E-state index in [0.717, 1.165) is 22.2 Å². The number of hydrogen-bond donors (Lipinski definition) is 16. The number of rotatable bonds is 24. The number of aromatic amines is 1. The minimum absolute atomic E-state index is 0.0428. The first-order valence-electron chi connectivity index (χ1n) is 31.5. The highest BCUT2D eigenvalue weighted by Crippen LogP contribution is 2.34. The molecule has 3 aliphatic heterocycles. The number of nitrogens with zero attached hydrogens (tertiary/aromatic N) is 1.